The van der Waals surface area contributed by atoms with Gasteiger partial charge in [0.15, 0.2) is 0 Å². The monoisotopic (exact) mass is 500 g/mol. The van der Waals surface area contributed by atoms with Crippen molar-refractivity contribution in [3.63, 3.8) is 0 Å². The molecule has 0 aliphatic rings. The van der Waals surface area contributed by atoms with Crippen LogP contribution in [0.15, 0.2) is 42.5 Å². The van der Waals surface area contributed by atoms with Gasteiger partial charge in [-0.1, -0.05) is 59.9 Å². The quantitative estimate of drug-likeness (QED) is 0.421. The average Bonchev–Trinajstić information content (AvgIpc) is 2.73. The molecule has 2 rings (SSSR count). The minimum atomic E-state index is -0.620. The van der Waals surface area contributed by atoms with E-state index >= 15 is 0 Å². The van der Waals surface area contributed by atoms with Gasteiger partial charge >= 0.3 is 0 Å². The van der Waals surface area contributed by atoms with Gasteiger partial charge in [0.25, 0.3) is 0 Å². The lowest BCUT2D eigenvalue weighted by atomic mass is 10.1. The lowest BCUT2D eigenvalue weighted by Crippen LogP contribution is -2.50. The highest BCUT2D eigenvalue weighted by molar-refractivity contribution is 7.99. The van der Waals surface area contributed by atoms with Crippen LogP contribution in [0.1, 0.15) is 38.3 Å². The van der Waals surface area contributed by atoms with E-state index in [2.05, 4.69) is 5.32 Å². The number of nitrogens with zero attached hydrogens (tertiary/aromatic N) is 1. The predicted octanol–water partition coefficient (Wildman–Crippen LogP) is 6.21. The summed E-state index contributed by atoms with van der Waals surface area (Å²) in [6.07, 6.45) is 0.815. The van der Waals surface area contributed by atoms with Gasteiger partial charge in [0, 0.05) is 33.4 Å². The Hall–Kier alpha value is -1.40. The normalized spacial score (nSPS) is 12.8. The van der Waals surface area contributed by atoms with E-state index in [0.29, 0.717) is 27.4 Å². The van der Waals surface area contributed by atoms with Crippen molar-refractivity contribution >= 4 is 58.4 Å². The van der Waals surface area contributed by atoms with Crippen LogP contribution in [0.3, 0.4) is 0 Å². The Morgan fingerprint density at radius 1 is 1.06 bits per heavy atom. The van der Waals surface area contributed by atoms with Crippen molar-refractivity contribution in [3.8, 4) is 0 Å². The van der Waals surface area contributed by atoms with Crippen molar-refractivity contribution in [2.75, 3.05) is 5.75 Å². The van der Waals surface area contributed by atoms with Crippen LogP contribution < -0.4 is 5.32 Å². The zero-order chi connectivity index (χ0) is 23.0. The summed E-state index contributed by atoms with van der Waals surface area (Å²) in [5, 5.41) is 4.69. The van der Waals surface area contributed by atoms with Crippen LogP contribution in [-0.4, -0.2) is 34.6 Å². The number of hydrogen-bond donors (Lipinski definition) is 1. The number of halogens is 3. The molecule has 0 spiro atoms. The Bertz CT molecular complexity index is 890. The molecule has 2 aromatic carbocycles. The number of rotatable bonds is 10. The highest BCUT2D eigenvalue weighted by Gasteiger charge is 2.26. The summed E-state index contributed by atoms with van der Waals surface area (Å²) in [7, 11) is 0. The van der Waals surface area contributed by atoms with Crippen LogP contribution in [0.2, 0.25) is 15.1 Å². The van der Waals surface area contributed by atoms with E-state index in [0.717, 1.165) is 17.5 Å². The van der Waals surface area contributed by atoms with E-state index in [9.17, 15) is 9.59 Å². The van der Waals surface area contributed by atoms with Crippen molar-refractivity contribution in [1.29, 1.82) is 0 Å². The zero-order valence-corrected chi connectivity index (χ0v) is 20.9. The van der Waals surface area contributed by atoms with E-state index in [-0.39, 0.29) is 23.6 Å². The van der Waals surface area contributed by atoms with Crippen LogP contribution in [0, 0.1) is 0 Å². The van der Waals surface area contributed by atoms with Crippen LogP contribution in [-0.2, 0) is 21.9 Å². The molecular weight excluding hydrogens is 475 g/mol. The fraction of sp³-hybridized carbons (Fsp3) is 0.391. The smallest absolute Gasteiger partial charge is 0.242 e. The van der Waals surface area contributed by atoms with Crippen molar-refractivity contribution in [3.05, 3.63) is 68.7 Å². The van der Waals surface area contributed by atoms with Crippen molar-refractivity contribution in [2.24, 2.45) is 0 Å². The largest absolute Gasteiger partial charge is 0.352 e. The topological polar surface area (TPSA) is 49.4 Å². The van der Waals surface area contributed by atoms with Gasteiger partial charge in [0.05, 0.1) is 5.75 Å². The molecule has 0 unspecified atom stereocenters. The third kappa shape index (κ3) is 7.90. The summed E-state index contributed by atoms with van der Waals surface area (Å²) in [5.74, 6) is 0.384. The summed E-state index contributed by atoms with van der Waals surface area (Å²) >= 11 is 20.0. The van der Waals surface area contributed by atoms with Gasteiger partial charge in [0.2, 0.25) is 11.8 Å². The molecule has 2 amide bonds. The van der Waals surface area contributed by atoms with Crippen LogP contribution in [0.25, 0.3) is 0 Å². The summed E-state index contributed by atoms with van der Waals surface area (Å²) in [5.41, 5.74) is 1.66. The molecule has 0 heterocycles. The molecule has 0 radical (unpaired) electrons. The first-order valence-corrected chi connectivity index (χ1v) is 12.4. The molecule has 0 fully saturated rings. The second-order valence-corrected chi connectivity index (χ2v) is 9.57. The average molecular weight is 502 g/mol. The second-order valence-electron chi connectivity index (χ2n) is 7.34. The molecule has 168 valence electrons. The zero-order valence-electron chi connectivity index (χ0n) is 17.8. The predicted molar refractivity (Wildman–Crippen MR) is 132 cm³/mol. The molecule has 0 bridgehead atoms. The Balaban J connectivity index is 2.12. The van der Waals surface area contributed by atoms with Gasteiger partial charge in [-0.25, -0.2) is 0 Å². The molecular formula is C23H27Cl3N2O2S. The lowest BCUT2D eigenvalue weighted by Gasteiger charge is -2.29. The Morgan fingerprint density at radius 3 is 2.32 bits per heavy atom. The maximum Gasteiger partial charge on any atom is 0.242 e. The van der Waals surface area contributed by atoms with Crippen molar-refractivity contribution < 1.29 is 9.59 Å². The highest BCUT2D eigenvalue weighted by Crippen LogP contribution is 2.28. The lowest BCUT2D eigenvalue weighted by molar-refractivity contribution is -0.138. The summed E-state index contributed by atoms with van der Waals surface area (Å²) < 4.78 is 0. The van der Waals surface area contributed by atoms with Gasteiger partial charge in [-0.3, -0.25) is 9.59 Å². The minimum Gasteiger partial charge on any atom is -0.352 e. The van der Waals surface area contributed by atoms with E-state index in [1.165, 1.54) is 11.8 Å². The number of carbonyl (C=O) groups excluding carboxylic acids is 2. The van der Waals surface area contributed by atoms with E-state index in [1.54, 1.807) is 42.2 Å². The number of benzene rings is 2. The molecule has 4 nitrogen and oxygen atoms in total. The summed E-state index contributed by atoms with van der Waals surface area (Å²) in [6.45, 7) is 5.98. The van der Waals surface area contributed by atoms with Crippen LogP contribution >= 0.6 is 46.6 Å². The Morgan fingerprint density at radius 2 is 1.71 bits per heavy atom. The SMILES string of the molecule is CC[C@H](C)NC(=O)[C@H](C)N(Cc1cccc(Cl)c1)C(=O)CSCc1c(Cl)cccc1Cl. The first kappa shape index (κ1) is 25.9. The standard InChI is InChI=1S/C23H27Cl3N2O2S/c1-4-15(2)27-23(30)16(3)28(12-17-7-5-8-18(24)11-17)22(29)14-31-13-19-20(25)9-6-10-21(19)26/h5-11,15-16H,4,12-14H2,1-3H3,(H,27,30)/t15-,16-/m0/s1. The molecule has 2 aromatic rings. The fourth-order valence-corrected chi connectivity index (χ4v) is 4.73. The number of amides is 2. The fourth-order valence-electron chi connectivity index (χ4n) is 2.87. The molecule has 0 aliphatic heterocycles. The van der Waals surface area contributed by atoms with Gasteiger partial charge in [-0.15, -0.1) is 11.8 Å². The van der Waals surface area contributed by atoms with Crippen molar-refractivity contribution in [1.82, 2.24) is 10.2 Å². The van der Waals surface area contributed by atoms with Gasteiger partial charge in [-0.05, 0) is 55.7 Å². The van der Waals surface area contributed by atoms with Crippen LogP contribution in [0.5, 0.6) is 0 Å². The first-order chi connectivity index (χ1) is 14.7. The third-order valence-corrected chi connectivity index (χ3v) is 6.83. The number of nitrogens with one attached hydrogen (secondary N) is 1. The third-order valence-electron chi connectivity index (χ3n) is 4.94. The van der Waals surface area contributed by atoms with Crippen molar-refractivity contribution in [2.45, 2.75) is 51.6 Å². The molecule has 2 atom stereocenters. The highest BCUT2D eigenvalue weighted by atomic mass is 35.5. The minimum absolute atomic E-state index is 0.0369. The van der Waals surface area contributed by atoms with Gasteiger partial charge in [0.1, 0.15) is 6.04 Å². The first-order valence-electron chi connectivity index (χ1n) is 10.1. The number of hydrogen-bond acceptors (Lipinski definition) is 3. The summed E-state index contributed by atoms with van der Waals surface area (Å²) in [4.78, 5) is 27.4. The van der Waals surface area contributed by atoms with Crippen LogP contribution in [0.4, 0.5) is 0 Å². The molecule has 0 saturated heterocycles. The van der Waals surface area contributed by atoms with E-state index < -0.39 is 6.04 Å². The maximum atomic E-state index is 13.1. The molecule has 0 saturated carbocycles. The van der Waals surface area contributed by atoms with Gasteiger partial charge < -0.3 is 10.2 Å². The molecule has 31 heavy (non-hydrogen) atoms. The van der Waals surface area contributed by atoms with E-state index in [4.69, 9.17) is 34.8 Å². The molecule has 0 aromatic heterocycles. The second kappa shape index (κ2) is 12.6. The molecule has 8 heteroatoms. The Labute approximate surface area is 203 Å². The number of thioether (sulfide) groups is 1. The summed E-state index contributed by atoms with van der Waals surface area (Å²) in [6, 6.07) is 12.1. The maximum absolute atomic E-state index is 13.1. The molecule has 1 N–H and O–H groups in total. The number of carbonyl (C=O) groups is 2. The van der Waals surface area contributed by atoms with Gasteiger partial charge in [-0.2, -0.15) is 0 Å². The Kier molecular flexibility index (Phi) is 10.5. The molecule has 0 aliphatic carbocycles. The van der Waals surface area contributed by atoms with E-state index in [1.807, 2.05) is 26.0 Å².